The zero-order valence-corrected chi connectivity index (χ0v) is 27.3. The van der Waals surface area contributed by atoms with Crippen LogP contribution in [0.5, 0.6) is 0 Å². The van der Waals surface area contributed by atoms with Crippen LogP contribution >= 0.6 is 0 Å². The molecule has 0 N–H and O–H groups in total. The molecular weight excluding hydrogens is 603 g/mol. The van der Waals surface area contributed by atoms with E-state index in [1.807, 2.05) is 0 Å². The molecule has 0 bridgehead atoms. The van der Waals surface area contributed by atoms with Crippen LogP contribution in [-0.4, -0.2) is 15.9 Å². The van der Waals surface area contributed by atoms with Crippen LogP contribution in [-0.2, 0) is 0 Å². The van der Waals surface area contributed by atoms with Gasteiger partial charge in [0.05, 0.1) is 11.0 Å². The fraction of sp³-hybridized carbons (Fsp3) is 0.0213. The SMILES string of the molecule is Cc1c(-c2ccccc2)cc2c3c1-c1cc4ccccc4c4c5c6ccccc6ccc5n(c14)B3c1ccc3ccc4cccc5c4c3c1n5-2. The van der Waals surface area contributed by atoms with Gasteiger partial charge in [-0.1, -0.05) is 121 Å². The van der Waals surface area contributed by atoms with Crippen LogP contribution in [0.15, 0.2) is 146 Å². The average molecular weight is 631 g/mol. The van der Waals surface area contributed by atoms with Crippen molar-refractivity contribution in [2.24, 2.45) is 0 Å². The van der Waals surface area contributed by atoms with Gasteiger partial charge in [-0.15, -0.1) is 0 Å². The maximum Gasteiger partial charge on any atom is 0.333 e. The van der Waals surface area contributed by atoms with Gasteiger partial charge in [0.25, 0.3) is 0 Å². The first-order chi connectivity index (χ1) is 24.8. The fourth-order valence-corrected chi connectivity index (χ4v) is 10.3. The van der Waals surface area contributed by atoms with E-state index >= 15 is 0 Å². The van der Waals surface area contributed by atoms with Crippen molar-refractivity contribution in [2.75, 3.05) is 0 Å². The van der Waals surface area contributed by atoms with Crippen molar-refractivity contribution in [2.45, 2.75) is 6.92 Å². The lowest BCUT2D eigenvalue weighted by Crippen LogP contribution is -2.55. The Labute approximate surface area is 287 Å². The van der Waals surface area contributed by atoms with Gasteiger partial charge in [0.15, 0.2) is 0 Å². The molecule has 0 saturated carbocycles. The minimum Gasteiger partial charge on any atom is -0.375 e. The van der Waals surface area contributed by atoms with Crippen molar-refractivity contribution in [1.29, 1.82) is 0 Å². The van der Waals surface area contributed by atoms with Gasteiger partial charge < -0.3 is 9.05 Å². The topological polar surface area (TPSA) is 9.86 Å². The highest BCUT2D eigenvalue weighted by atomic mass is 15.0. The van der Waals surface area contributed by atoms with Crippen molar-refractivity contribution in [1.82, 2.24) is 9.05 Å². The molecule has 0 aliphatic carbocycles. The van der Waals surface area contributed by atoms with Gasteiger partial charge in [-0.2, -0.15) is 0 Å². The second-order valence-corrected chi connectivity index (χ2v) is 14.4. The van der Waals surface area contributed by atoms with E-state index in [9.17, 15) is 0 Å². The van der Waals surface area contributed by atoms with E-state index in [0.717, 1.165) is 0 Å². The molecule has 2 aliphatic heterocycles. The number of hydrogen-bond acceptors (Lipinski definition) is 0. The molecule has 0 fully saturated rings. The molecule has 0 spiro atoms. The molecular formula is C47H27BN2. The van der Waals surface area contributed by atoms with E-state index in [-0.39, 0.29) is 6.85 Å². The average Bonchev–Trinajstić information content (AvgIpc) is 3.71. The smallest absolute Gasteiger partial charge is 0.333 e. The first kappa shape index (κ1) is 25.7. The summed E-state index contributed by atoms with van der Waals surface area (Å²) in [6.07, 6.45) is 0. The maximum atomic E-state index is 2.73. The summed E-state index contributed by atoms with van der Waals surface area (Å²) in [6, 6.07) is 55.0. The van der Waals surface area contributed by atoms with E-state index < -0.39 is 0 Å². The standard InChI is InChI=1S/C47H27BN2/c1-26-34(27-10-3-2-4-11-27)25-39-45-40(26)35-24-31-13-6-8-16-33(31)44-43-32-15-7-5-12-28(32)21-23-38(43)50(46(35)44)48(45)36-22-20-30-19-18-29-14-9-17-37-41(29)42(30)47(36)49(37)39/h2-25H,1H3. The Kier molecular flexibility index (Phi) is 4.43. The Morgan fingerprint density at radius 1 is 0.480 bits per heavy atom. The molecule has 50 heavy (non-hydrogen) atoms. The van der Waals surface area contributed by atoms with Gasteiger partial charge in [-0.05, 0) is 96.7 Å². The lowest BCUT2D eigenvalue weighted by Gasteiger charge is -2.36. The normalized spacial score (nSPS) is 13.3. The summed E-state index contributed by atoms with van der Waals surface area (Å²) >= 11 is 0. The van der Waals surface area contributed by atoms with Gasteiger partial charge in [-0.25, -0.2) is 0 Å². The van der Waals surface area contributed by atoms with Crippen LogP contribution < -0.4 is 10.9 Å². The van der Waals surface area contributed by atoms with Crippen LogP contribution in [0.3, 0.4) is 0 Å². The first-order valence-electron chi connectivity index (χ1n) is 17.6. The Balaban J connectivity index is 1.35. The number of fused-ring (bicyclic) bond motifs is 12. The van der Waals surface area contributed by atoms with Gasteiger partial charge >= 0.3 is 6.85 Å². The summed E-state index contributed by atoms with van der Waals surface area (Å²) in [5, 5.41) is 13.3. The van der Waals surface area contributed by atoms with E-state index in [0.29, 0.717) is 0 Å². The van der Waals surface area contributed by atoms with Crippen molar-refractivity contribution >= 4 is 93.7 Å². The second-order valence-electron chi connectivity index (χ2n) is 14.4. The molecule has 13 rings (SSSR count). The van der Waals surface area contributed by atoms with Crippen molar-refractivity contribution in [3.63, 3.8) is 0 Å². The highest BCUT2D eigenvalue weighted by Gasteiger charge is 2.43. The van der Waals surface area contributed by atoms with Crippen LogP contribution in [0.1, 0.15) is 5.56 Å². The third-order valence-electron chi connectivity index (χ3n) is 12.2. The number of rotatable bonds is 1. The minimum atomic E-state index is 0.0265. The summed E-state index contributed by atoms with van der Waals surface area (Å²) in [7, 11) is 0. The molecule has 3 heteroatoms. The molecule has 0 unspecified atom stereocenters. The predicted octanol–water partition coefficient (Wildman–Crippen LogP) is 10.7. The fourth-order valence-electron chi connectivity index (χ4n) is 10.3. The van der Waals surface area contributed by atoms with E-state index in [1.165, 1.54) is 120 Å². The van der Waals surface area contributed by atoms with E-state index in [2.05, 4.69) is 162 Å². The van der Waals surface area contributed by atoms with Gasteiger partial charge in [0.2, 0.25) is 0 Å². The van der Waals surface area contributed by atoms with Crippen LogP contribution in [0.25, 0.3) is 104 Å². The molecule has 9 aromatic carbocycles. The zero-order valence-electron chi connectivity index (χ0n) is 27.3. The molecule has 4 heterocycles. The number of hydrogen-bond donors (Lipinski definition) is 0. The quantitative estimate of drug-likeness (QED) is 0.126. The minimum absolute atomic E-state index is 0.0265. The Bertz CT molecular complexity index is 3330. The number of benzene rings is 9. The highest BCUT2D eigenvalue weighted by Crippen LogP contribution is 2.50. The third-order valence-corrected chi connectivity index (χ3v) is 12.2. The summed E-state index contributed by atoms with van der Waals surface area (Å²) < 4.78 is 5.34. The molecule has 11 aromatic rings. The van der Waals surface area contributed by atoms with Crippen LogP contribution in [0.4, 0.5) is 0 Å². The number of nitrogens with zero attached hydrogens (tertiary/aromatic N) is 2. The second kappa shape index (κ2) is 8.63. The Morgan fingerprint density at radius 2 is 1.18 bits per heavy atom. The lowest BCUT2D eigenvalue weighted by atomic mass is 9.45. The zero-order chi connectivity index (χ0) is 32.4. The van der Waals surface area contributed by atoms with Crippen molar-refractivity contribution in [3.05, 3.63) is 151 Å². The predicted molar refractivity (Wildman–Crippen MR) is 214 cm³/mol. The van der Waals surface area contributed by atoms with Crippen LogP contribution in [0, 0.1) is 6.92 Å². The highest BCUT2D eigenvalue weighted by molar-refractivity contribution is 6.90. The molecule has 0 amide bonds. The monoisotopic (exact) mass is 630 g/mol. The summed E-state index contributed by atoms with van der Waals surface area (Å²) in [5.74, 6) is 0. The molecule has 2 aliphatic rings. The third kappa shape index (κ3) is 2.81. The van der Waals surface area contributed by atoms with Crippen molar-refractivity contribution in [3.8, 4) is 27.9 Å². The molecule has 2 aromatic heterocycles. The van der Waals surface area contributed by atoms with Gasteiger partial charge in [0.1, 0.15) is 0 Å². The Hall–Kier alpha value is -6.32. The van der Waals surface area contributed by atoms with Crippen LogP contribution in [0.2, 0.25) is 0 Å². The molecule has 0 saturated heterocycles. The Morgan fingerprint density at radius 3 is 2.04 bits per heavy atom. The summed E-state index contributed by atoms with van der Waals surface area (Å²) in [6.45, 7) is 2.39. The van der Waals surface area contributed by atoms with Gasteiger partial charge in [0, 0.05) is 43.8 Å². The molecule has 0 atom stereocenters. The van der Waals surface area contributed by atoms with E-state index in [4.69, 9.17) is 0 Å². The molecule has 2 nitrogen and oxygen atoms in total. The van der Waals surface area contributed by atoms with Crippen molar-refractivity contribution < 1.29 is 0 Å². The lowest BCUT2D eigenvalue weighted by molar-refractivity contribution is 1.17. The molecule has 0 radical (unpaired) electrons. The summed E-state index contributed by atoms with van der Waals surface area (Å²) in [5.41, 5.74) is 16.0. The van der Waals surface area contributed by atoms with Gasteiger partial charge in [-0.3, -0.25) is 0 Å². The number of aromatic nitrogens is 2. The molecule has 228 valence electrons. The first-order valence-corrected chi connectivity index (χ1v) is 17.6. The largest absolute Gasteiger partial charge is 0.375 e. The van der Waals surface area contributed by atoms with E-state index in [1.54, 1.807) is 0 Å². The maximum absolute atomic E-state index is 2.73. The summed E-state index contributed by atoms with van der Waals surface area (Å²) in [4.78, 5) is 0.